The number of carbonyl (C=O) groups excluding carboxylic acids is 2. The van der Waals surface area contributed by atoms with Crippen molar-refractivity contribution in [2.75, 3.05) is 0 Å². The van der Waals surface area contributed by atoms with E-state index in [9.17, 15) is 19.5 Å². The maximum absolute atomic E-state index is 13.1. The summed E-state index contributed by atoms with van der Waals surface area (Å²) < 4.78 is 5.41. The van der Waals surface area contributed by atoms with E-state index in [1.165, 1.54) is 22.2 Å². The molecule has 2 rings (SSSR count). The molecule has 1 N–H and O–H groups in total. The molecule has 0 saturated heterocycles. The zero-order valence-corrected chi connectivity index (χ0v) is 16.1. The molecule has 7 heteroatoms. The van der Waals surface area contributed by atoms with E-state index in [1.807, 2.05) is 30.3 Å². The molecule has 0 aromatic heterocycles. The third-order valence-electron chi connectivity index (χ3n) is 4.15. The van der Waals surface area contributed by atoms with Crippen LogP contribution in [0.4, 0.5) is 4.79 Å². The summed E-state index contributed by atoms with van der Waals surface area (Å²) in [6, 6.07) is 7.42. The largest absolute Gasteiger partial charge is 0.480 e. The normalized spacial score (nSPS) is 18.4. The lowest BCUT2D eigenvalue weighted by molar-refractivity contribution is -0.150. The molecule has 0 bridgehead atoms. The van der Waals surface area contributed by atoms with E-state index in [-0.39, 0.29) is 12.8 Å². The Balaban J connectivity index is 2.36. The Morgan fingerprint density at radius 2 is 1.81 bits per heavy atom. The van der Waals surface area contributed by atoms with Crippen LogP contribution in [0.1, 0.15) is 39.7 Å². The summed E-state index contributed by atoms with van der Waals surface area (Å²) in [5.74, 6) is -1.53. The molecule has 0 saturated carbocycles. The van der Waals surface area contributed by atoms with Crippen molar-refractivity contribution < 1.29 is 24.2 Å². The quantitative estimate of drug-likeness (QED) is 0.856. The van der Waals surface area contributed by atoms with E-state index in [0.29, 0.717) is 0 Å². The molecule has 0 radical (unpaired) electrons. The van der Waals surface area contributed by atoms with Gasteiger partial charge in [-0.1, -0.05) is 37.3 Å². The maximum atomic E-state index is 13.1. The number of hydrogen-bond donors (Lipinski definition) is 1. The molecule has 1 aromatic rings. The van der Waals surface area contributed by atoms with Crippen LogP contribution in [0.15, 0.2) is 42.7 Å². The van der Waals surface area contributed by atoms with Crippen LogP contribution in [-0.2, 0) is 20.7 Å². The van der Waals surface area contributed by atoms with Crippen molar-refractivity contribution in [2.45, 2.75) is 58.2 Å². The molecule has 0 fully saturated rings. The van der Waals surface area contributed by atoms with Crippen LogP contribution in [0.3, 0.4) is 0 Å². The van der Waals surface area contributed by atoms with Gasteiger partial charge in [0.25, 0.3) is 5.91 Å². The maximum Gasteiger partial charge on any atom is 0.415 e. The van der Waals surface area contributed by atoms with Gasteiger partial charge in [-0.25, -0.2) is 9.59 Å². The van der Waals surface area contributed by atoms with Crippen LogP contribution in [0.25, 0.3) is 0 Å². The molecule has 1 aromatic carbocycles. The lowest BCUT2D eigenvalue weighted by atomic mass is 10.0. The zero-order valence-electron chi connectivity index (χ0n) is 16.1. The molecule has 1 aliphatic rings. The molecule has 1 aliphatic heterocycles. The molecule has 0 spiro atoms. The van der Waals surface area contributed by atoms with Crippen molar-refractivity contribution in [3.05, 3.63) is 48.3 Å². The van der Waals surface area contributed by atoms with Gasteiger partial charge < -0.3 is 14.7 Å². The molecular weight excluding hydrogens is 348 g/mol. The van der Waals surface area contributed by atoms with Gasteiger partial charge in [-0.3, -0.25) is 9.69 Å². The molecule has 146 valence electrons. The first-order valence-corrected chi connectivity index (χ1v) is 8.92. The lowest BCUT2D eigenvalue weighted by Crippen LogP contribution is -2.56. The van der Waals surface area contributed by atoms with E-state index in [4.69, 9.17) is 4.74 Å². The SMILES string of the molecule is CCC(C(=O)O)N1C=CN(C(=O)OC(C)(C)C)[C@@H](Cc2ccccc2)C1=O. The number of aliphatic carboxylic acids is 1. The third kappa shape index (κ3) is 5.09. The molecule has 2 amide bonds. The highest BCUT2D eigenvalue weighted by Crippen LogP contribution is 2.23. The fourth-order valence-corrected chi connectivity index (χ4v) is 2.89. The number of carboxylic acids is 1. The van der Waals surface area contributed by atoms with Gasteiger partial charge in [0.1, 0.15) is 17.7 Å². The fraction of sp³-hybridized carbons (Fsp3) is 0.450. The van der Waals surface area contributed by atoms with Crippen molar-refractivity contribution >= 4 is 18.0 Å². The van der Waals surface area contributed by atoms with Crippen LogP contribution >= 0.6 is 0 Å². The number of carboxylic acid groups (broad SMARTS) is 1. The fourth-order valence-electron chi connectivity index (χ4n) is 2.89. The molecule has 0 aliphatic carbocycles. The number of amides is 2. The van der Waals surface area contributed by atoms with Crippen molar-refractivity contribution in [1.82, 2.24) is 9.80 Å². The molecule has 7 nitrogen and oxygen atoms in total. The Kier molecular flexibility index (Phi) is 6.25. The van der Waals surface area contributed by atoms with E-state index >= 15 is 0 Å². The molecule has 2 atom stereocenters. The molecule has 1 unspecified atom stereocenters. The van der Waals surface area contributed by atoms with Crippen LogP contribution in [0.2, 0.25) is 0 Å². The summed E-state index contributed by atoms with van der Waals surface area (Å²) in [4.78, 5) is 39.6. The monoisotopic (exact) mass is 374 g/mol. The topological polar surface area (TPSA) is 87.2 Å². The summed E-state index contributed by atoms with van der Waals surface area (Å²) in [6.07, 6.45) is 2.65. The number of rotatable bonds is 5. The standard InChI is InChI=1S/C20H26N2O5/c1-5-15(18(24)25)21-11-12-22(19(26)27-20(2,3)4)16(17(21)23)13-14-9-7-6-8-10-14/h6-12,15-16H,5,13H2,1-4H3,(H,24,25)/t15?,16-/m0/s1. The first-order chi connectivity index (χ1) is 12.6. The molecule has 1 heterocycles. The van der Waals surface area contributed by atoms with E-state index < -0.39 is 35.7 Å². The number of nitrogens with zero attached hydrogens (tertiary/aromatic N) is 2. The highest BCUT2D eigenvalue weighted by Gasteiger charge is 2.40. The van der Waals surface area contributed by atoms with Crippen molar-refractivity contribution in [1.29, 1.82) is 0 Å². The summed E-state index contributed by atoms with van der Waals surface area (Å²) in [6.45, 7) is 6.94. The highest BCUT2D eigenvalue weighted by molar-refractivity contribution is 5.92. The first-order valence-electron chi connectivity index (χ1n) is 8.92. The number of carbonyl (C=O) groups is 3. The molecule has 27 heavy (non-hydrogen) atoms. The van der Waals surface area contributed by atoms with Gasteiger partial charge in [0.05, 0.1) is 0 Å². The summed E-state index contributed by atoms with van der Waals surface area (Å²) in [5.41, 5.74) is 0.151. The van der Waals surface area contributed by atoms with E-state index in [0.717, 1.165) is 5.56 Å². The van der Waals surface area contributed by atoms with Crippen LogP contribution in [-0.4, -0.2) is 50.6 Å². The average molecular weight is 374 g/mol. The smallest absolute Gasteiger partial charge is 0.415 e. The van der Waals surface area contributed by atoms with Gasteiger partial charge in [0, 0.05) is 18.8 Å². The summed E-state index contributed by atoms with van der Waals surface area (Å²) in [7, 11) is 0. The van der Waals surface area contributed by atoms with Crippen molar-refractivity contribution in [2.24, 2.45) is 0 Å². The Bertz CT molecular complexity index is 724. The minimum absolute atomic E-state index is 0.260. The lowest BCUT2D eigenvalue weighted by Gasteiger charge is -2.38. The van der Waals surface area contributed by atoms with Crippen molar-refractivity contribution in [3.8, 4) is 0 Å². The Morgan fingerprint density at radius 1 is 1.19 bits per heavy atom. The van der Waals surface area contributed by atoms with Gasteiger partial charge in [-0.15, -0.1) is 0 Å². The molecular formula is C20H26N2O5. The zero-order chi connectivity index (χ0) is 20.2. The first kappa shape index (κ1) is 20.5. The van der Waals surface area contributed by atoms with E-state index in [1.54, 1.807) is 27.7 Å². The van der Waals surface area contributed by atoms with Crippen LogP contribution in [0.5, 0.6) is 0 Å². The second-order valence-electron chi connectivity index (χ2n) is 7.40. The second kappa shape index (κ2) is 8.24. The highest BCUT2D eigenvalue weighted by atomic mass is 16.6. The van der Waals surface area contributed by atoms with Crippen LogP contribution in [0, 0.1) is 0 Å². The third-order valence-corrected chi connectivity index (χ3v) is 4.15. The summed E-state index contributed by atoms with van der Waals surface area (Å²) >= 11 is 0. The van der Waals surface area contributed by atoms with Gasteiger partial charge >= 0.3 is 12.1 Å². The Morgan fingerprint density at radius 3 is 2.33 bits per heavy atom. The number of ether oxygens (including phenoxy) is 1. The predicted molar refractivity (Wildman–Crippen MR) is 99.7 cm³/mol. The average Bonchev–Trinajstić information content (AvgIpc) is 2.57. The number of benzene rings is 1. The predicted octanol–water partition coefficient (Wildman–Crippen LogP) is 3.01. The van der Waals surface area contributed by atoms with E-state index in [2.05, 4.69) is 0 Å². The van der Waals surface area contributed by atoms with Crippen molar-refractivity contribution in [3.63, 3.8) is 0 Å². The van der Waals surface area contributed by atoms with Gasteiger partial charge in [-0.2, -0.15) is 0 Å². The Hall–Kier alpha value is -2.83. The summed E-state index contributed by atoms with van der Waals surface area (Å²) in [5, 5.41) is 9.41. The van der Waals surface area contributed by atoms with Crippen LogP contribution < -0.4 is 0 Å². The second-order valence-corrected chi connectivity index (χ2v) is 7.40. The number of hydrogen-bond acceptors (Lipinski definition) is 4. The Labute approximate surface area is 159 Å². The van der Waals surface area contributed by atoms with Gasteiger partial charge in [0.15, 0.2) is 0 Å². The van der Waals surface area contributed by atoms with Gasteiger partial charge in [0.2, 0.25) is 0 Å². The van der Waals surface area contributed by atoms with Gasteiger partial charge in [-0.05, 0) is 32.8 Å². The minimum atomic E-state index is -1.08. The minimum Gasteiger partial charge on any atom is -0.480 e.